The van der Waals surface area contributed by atoms with Gasteiger partial charge in [0.15, 0.2) is 0 Å². The normalized spacial score (nSPS) is 21.5. The molecule has 0 aliphatic carbocycles. The van der Waals surface area contributed by atoms with Crippen LogP contribution in [0, 0.1) is 0 Å². The van der Waals surface area contributed by atoms with Gasteiger partial charge in [0.05, 0.1) is 12.6 Å². The lowest BCUT2D eigenvalue weighted by atomic mass is 9.94. The summed E-state index contributed by atoms with van der Waals surface area (Å²) in [5.41, 5.74) is 8.42. The fraction of sp³-hybridized carbons (Fsp3) is 0.458. The SMILES string of the molecule is CC(C)c1ccc(N2CC(N)C2)c2cnc(Nc3ccnc(N4CCC(O)C(F)C4)n3)cc12. The van der Waals surface area contributed by atoms with Crippen molar-refractivity contribution in [3.63, 3.8) is 0 Å². The first-order valence-corrected chi connectivity index (χ1v) is 11.5. The van der Waals surface area contributed by atoms with Gasteiger partial charge < -0.3 is 26.0 Å². The first-order valence-electron chi connectivity index (χ1n) is 11.5. The smallest absolute Gasteiger partial charge is 0.227 e. The predicted octanol–water partition coefficient (Wildman–Crippen LogP) is 2.95. The Morgan fingerprint density at radius 2 is 1.91 bits per heavy atom. The molecule has 0 amide bonds. The molecule has 3 aromatic rings. The second kappa shape index (κ2) is 8.72. The van der Waals surface area contributed by atoms with Crippen molar-refractivity contribution in [1.29, 1.82) is 0 Å². The summed E-state index contributed by atoms with van der Waals surface area (Å²) in [7, 11) is 0. The molecule has 0 saturated carbocycles. The van der Waals surface area contributed by atoms with E-state index in [1.54, 1.807) is 17.2 Å². The van der Waals surface area contributed by atoms with Crippen LogP contribution in [0.1, 0.15) is 31.7 Å². The third-order valence-corrected chi connectivity index (χ3v) is 6.47. The van der Waals surface area contributed by atoms with E-state index < -0.39 is 12.3 Å². The second-order valence-electron chi connectivity index (χ2n) is 9.29. The highest BCUT2D eigenvalue weighted by atomic mass is 19.1. The van der Waals surface area contributed by atoms with Crippen LogP contribution in [0.4, 0.5) is 27.7 Å². The maximum atomic E-state index is 14.0. The van der Waals surface area contributed by atoms with E-state index >= 15 is 0 Å². The number of hydrogen-bond donors (Lipinski definition) is 3. The average Bonchev–Trinajstić information content (AvgIpc) is 2.78. The molecule has 4 heterocycles. The molecule has 0 spiro atoms. The monoisotopic (exact) mass is 451 g/mol. The molecular weight excluding hydrogens is 421 g/mol. The van der Waals surface area contributed by atoms with Gasteiger partial charge in [-0.1, -0.05) is 19.9 Å². The Morgan fingerprint density at radius 1 is 1.09 bits per heavy atom. The molecule has 2 atom stereocenters. The number of halogens is 1. The summed E-state index contributed by atoms with van der Waals surface area (Å²) in [6.45, 7) is 6.68. The van der Waals surface area contributed by atoms with Gasteiger partial charge in [-0.3, -0.25) is 0 Å². The van der Waals surface area contributed by atoms with Crippen LogP contribution >= 0.6 is 0 Å². The van der Waals surface area contributed by atoms with Gasteiger partial charge in [-0.25, -0.2) is 14.4 Å². The minimum atomic E-state index is -1.30. The Labute approximate surface area is 192 Å². The number of rotatable bonds is 5. The number of aromatic nitrogens is 3. The number of nitrogens with zero attached hydrogens (tertiary/aromatic N) is 5. The molecule has 9 heteroatoms. The maximum absolute atomic E-state index is 14.0. The van der Waals surface area contributed by atoms with E-state index in [2.05, 4.69) is 57.2 Å². The largest absolute Gasteiger partial charge is 0.390 e. The highest BCUT2D eigenvalue weighted by molar-refractivity contribution is 5.98. The molecule has 0 bridgehead atoms. The topological polar surface area (TPSA) is 103 Å². The maximum Gasteiger partial charge on any atom is 0.227 e. The molecule has 2 aliphatic heterocycles. The van der Waals surface area contributed by atoms with E-state index in [9.17, 15) is 9.50 Å². The van der Waals surface area contributed by atoms with E-state index in [0.717, 1.165) is 29.5 Å². The first kappa shape index (κ1) is 21.8. The van der Waals surface area contributed by atoms with Crippen molar-refractivity contribution >= 4 is 34.0 Å². The molecule has 2 saturated heterocycles. The molecular formula is C24H30FN7O. The standard InChI is InChI=1S/C24H30FN7O/c1-14(2)16-3-4-20(32-11-15(26)12-32)18-10-28-23(9-17(16)18)29-22-5-7-27-24(30-22)31-8-6-21(33)19(25)13-31/h3-5,7,9-10,14-15,19,21,33H,6,8,11-13,26H2,1-2H3,(H,27,28,29,30). The number of fused-ring (bicyclic) bond motifs is 1. The Balaban J connectivity index is 1.43. The summed E-state index contributed by atoms with van der Waals surface area (Å²) in [6, 6.07) is 8.41. The highest BCUT2D eigenvalue weighted by Crippen LogP contribution is 2.35. The number of anilines is 4. The average molecular weight is 452 g/mol. The predicted molar refractivity (Wildman–Crippen MR) is 129 cm³/mol. The van der Waals surface area contributed by atoms with Crippen molar-refractivity contribution in [2.24, 2.45) is 5.73 Å². The van der Waals surface area contributed by atoms with Gasteiger partial charge >= 0.3 is 0 Å². The van der Waals surface area contributed by atoms with Gasteiger partial charge in [-0.05, 0) is 41.5 Å². The summed E-state index contributed by atoms with van der Waals surface area (Å²) in [5.74, 6) is 2.08. The zero-order valence-corrected chi connectivity index (χ0v) is 18.9. The lowest BCUT2D eigenvalue weighted by Crippen LogP contribution is -2.55. The number of alkyl halides is 1. The number of benzene rings is 1. The lowest BCUT2D eigenvalue weighted by molar-refractivity contribution is 0.0612. The van der Waals surface area contributed by atoms with E-state index in [-0.39, 0.29) is 12.6 Å². The first-order chi connectivity index (χ1) is 15.9. The van der Waals surface area contributed by atoms with Crippen molar-refractivity contribution in [2.45, 2.75) is 44.5 Å². The fourth-order valence-electron chi connectivity index (χ4n) is 4.58. The molecule has 2 aromatic heterocycles. The van der Waals surface area contributed by atoms with Crippen LogP contribution in [-0.4, -0.2) is 64.6 Å². The van der Waals surface area contributed by atoms with Crippen molar-refractivity contribution in [3.8, 4) is 0 Å². The van der Waals surface area contributed by atoms with Gasteiger partial charge in [0.1, 0.15) is 17.8 Å². The molecule has 2 aliphatic rings. The molecule has 2 fully saturated rings. The Morgan fingerprint density at radius 3 is 2.64 bits per heavy atom. The van der Waals surface area contributed by atoms with Gasteiger partial charge in [-0.15, -0.1) is 0 Å². The molecule has 1 aromatic carbocycles. The number of hydrogen-bond acceptors (Lipinski definition) is 8. The van der Waals surface area contributed by atoms with Crippen LogP contribution in [-0.2, 0) is 0 Å². The van der Waals surface area contributed by atoms with Crippen LogP contribution in [0.5, 0.6) is 0 Å². The van der Waals surface area contributed by atoms with Crippen LogP contribution in [0.2, 0.25) is 0 Å². The zero-order valence-electron chi connectivity index (χ0n) is 18.9. The number of nitrogens with two attached hydrogens (primary N) is 1. The molecule has 8 nitrogen and oxygen atoms in total. The molecule has 174 valence electrons. The lowest BCUT2D eigenvalue weighted by Gasteiger charge is -2.39. The third kappa shape index (κ3) is 4.30. The molecule has 2 unspecified atom stereocenters. The fourth-order valence-corrected chi connectivity index (χ4v) is 4.58. The summed E-state index contributed by atoms with van der Waals surface area (Å²) < 4.78 is 14.0. The van der Waals surface area contributed by atoms with Crippen LogP contribution in [0.25, 0.3) is 10.8 Å². The van der Waals surface area contributed by atoms with Crippen LogP contribution in [0.15, 0.2) is 36.7 Å². The second-order valence-corrected chi connectivity index (χ2v) is 9.29. The molecule has 5 rings (SSSR count). The van der Waals surface area contributed by atoms with Crippen LogP contribution < -0.4 is 20.9 Å². The number of nitrogens with one attached hydrogen (secondary N) is 1. The number of aliphatic hydroxyl groups excluding tert-OH is 1. The Kier molecular flexibility index (Phi) is 5.76. The van der Waals surface area contributed by atoms with Crippen molar-refractivity contribution in [1.82, 2.24) is 15.0 Å². The van der Waals surface area contributed by atoms with Gasteiger partial charge in [-0.2, -0.15) is 4.98 Å². The van der Waals surface area contributed by atoms with Crippen molar-refractivity contribution in [3.05, 3.63) is 42.2 Å². The van der Waals surface area contributed by atoms with Gasteiger partial charge in [0.2, 0.25) is 5.95 Å². The van der Waals surface area contributed by atoms with Gasteiger partial charge in [0, 0.05) is 49.1 Å². The zero-order chi connectivity index (χ0) is 23.1. The molecule has 4 N–H and O–H groups in total. The third-order valence-electron chi connectivity index (χ3n) is 6.47. The summed E-state index contributed by atoms with van der Waals surface area (Å²) in [5, 5.41) is 15.2. The number of aliphatic hydroxyl groups is 1. The Bertz CT molecular complexity index is 1150. The van der Waals surface area contributed by atoms with Crippen molar-refractivity contribution < 1.29 is 9.50 Å². The van der Waals surface area contributed by atoms with E-state index in [0.29, 0.717) is 36.5 Å². The summed E-state index contributed by atoms with van der Waals surface area (Å²) in [6.07, 6.45) is 1.69. The number of pyridine rings is 1. The highest BCUT2D eigenvalue weighted by Gasteiger charge is 2.29. The number of piperidine rings is 1. The minimum absolute atomic E-state index is 0.0829. The Hall–Kier alpha value is -3.04. The quantitative estimate of drug-likeness (QED) is 0.544. The van der Waals surface area contributed by atoms with E-state index in [1.165, 1.54) is 5.56 Å². The van der Waals surface area contributed by atoms with Gasteiger partial charge in [0.25, 0.3) is 0 Å². The van der Waals surface area contributed by atoms with E-state index in [1.807, 2.05) is 6.20 Å². The summed E-state index contributed by atoms with van der Waals surface area (Å²) >= 11 is 0. The van der Waals surface area contributed by atoms with Crippen LogP contribution in [0.3, 0.4) is 0 Å². The molecule has 0 radical (unpaired) electrons. The molecule has 33 heavy (non-hydrogen) atoms. The van der Waals surface area contributed by atoms with Crippen molar-refractivity contribution in [2.75, 3.05) is 41.3 Å². The minimum Gasteiger partial charge on any atom is -0.390 e. The summed E-state index contributed by atoms with van der Waals surface area (Å²) in [4.78, 5) is 17.6. The van der Waals surface area contributed by atoms with E-state index in [4.69, 9.17) is 5.73 Å².